The van der Waals surface area contributed by atoms with Crippen molar-refractivity contribution in [3.63, 3.8) is 0 Å². The molecule has 0 saturated carbocycles. The molecule has 7 nitrogen and oxygen atoms in total. The highest BCUT2D eigenvalue weighted by molar-refractivity contribution is 5.97. The minimum atomic E-state index is -0.316. The minimum absolute atomic E-state index is 0.0167. The highest BCUT2D eigenvalue weighted by atomic mass is 16.3. The Morgan fingerprint density at radius 2 is 1.44 bits per heavy atom. The van der Waals surface area contributed by atoms with Crippen LogP contribution in [0.15, 0.2) is 72.4 Å². The number of aliphatic hydroxyl groups excluding tert-OH is 2. The van der Waals surface area contributed by atoms with Crippen molar-refractivity contribution in [2.24, 2.45) is 0 Å². The molecule has 2 aromatic rings. The molecule has 0 unspecified atom stereocenters. The zero-order valence-electron chi connectivity index (χ0n) is 18.2. The first-order chi connectivity index (χ1) is 15.7. The zero-order valence-corrected chi connectivity index (χ0v) is 18.2. The second kappa shape index (κ2) is 12.0. The summed E-state index contributed by atoms with van der Waals surface area (Å²) in [5.74, 6) is -0.316. The fourth-order valence-electron chi connectivity index (χ4n) is 4.05. The summed E-state index contributed by atoms with van der Waals surface area (Å²) in [6.45, 7) is 2.68. The number of carbonyl (C=O) groups excluding carboxylic acids is 1. The summed E-state index contributed by atoms with van der Waals surface area (Å²) in [4.78, 5) is 18.6. The molecule has 0 aromatic heterocycles. The third-order valence-electron chi connectivity index (χ3n) is 5.63. The van der Waals surface area contributed by atoms with Crippen LogP contribution >= 0.6 is 0 Å². The molecule has 0 bridgehead atoms. The van der Waals surface area contributed by atoms with Crippen LogP contribution in [0.2, 0.25) is 0 Å². The van der Waals surface area contributed by atoms with Gasteiger partial charge in [0.25, 0.3) is 5.91 Å². The molecule has 7 heteroatoms. The van der Waals surface area contributed by atoms with Crippen LogP contribution in [0.3, 0.4) is 0 Å². The number of rotatable bonds is 9. The van der Waals surface area contributed by atoms with E-state index in [1.165, 1.54) is 17.3 Å². The van der Waals surface area contributed by atoms with E-state index in [4.69, 9.17) is 10.2 Å². The molecule has 1 amide bonds. The third kappa shape index (κ3) is 5.95. The molecule has 3 rings (SSSR count). The van der Waals surface area contributed by atoms with Gasteiger partial charge in [-0.3, -0.25) is 9.69 Å². The van der Waals surface area contributed by atoms with Crippen LogP contribution in [0, 0.1) is 11.3 Å². The monoisotopic (exact) mass is 434 g/mol. The molecule has 2 aromatic carbocycles. The number of nitriles is 1. The number of benzene rings is 2. The van der Waals surface area contributed by atoms with Crippen LogP contribution < -0.4 is 0 Å². The molecule has 168 valence electrons. The first-order valence-electron chi connectivity index (χ1n) is 10.9. The molecule has 1 aliphatic heterocycles. The van der Waals surface area contributed by atoms with E-state index in [9.17, 15) is 10.1 Å². The molecular formula is C25H30N4O3. The van der Waals surface area contributed by atoms with Crippen LogP contribution in [0.1, 0.15) is 17.2 Å². The van der Waals surface area contributed by atoms with Gasteiger partial charge in [0.05, 0.1) is 19.3 Å². The molecule has 32 heavy (non-hydrogen) atoms. The average Bonchev–Trinajstić information content (AvgIpc) is 2.84. The lowest BCUT2D eigenvalue weighted by molar-refractivity contribution is -0.128. The number of piperazine rings is 1. The Labute approximate surface area is 189 Å². The lowest BCUT2D eigenvalue weighted by atomic mass is 9.96. The molecule has 2 N–H and O–H groups in total. The van der Waals surface area contributed by atoms with E-state index in [-0.39, 0.29) is 43.8 Å². The summed E-state index contributed by atoms with van der Waals surface area (Å²) in [6.07, 6.45) is 1.44. The average molecular weight is 435 g/mol. The highest BCUT2D eigenvalue weighted by Crippen LogP contribution is 2.29. The van der Waals surface area contributed by atoms with Gasteiger partial charge >= 0.3 is 0 Å². The topological polar surface area (TPSA) is 91.0 Å². The highest BCUT2D eigenvalue weighted by Gasteiger charge is 2.29. The smallest absolute Gasteiger partial charge is 0.266 e. The van der Waals surface area contributed by atoms with E-state index in [1.54, 1.807) is 9.80 Å². The van der Waals surface area contributed by atoms with Gasteiger partial charge < -0.3 is 20.0 Å². The van der Waals surface area contributed by atoms with E-state index in [1.807, 2.05) is 42.5 Å². The lowest BCUT2D eigenvalue weighted by Gasteiger charge is -2.39. The van der Waals surface area contributed by atoms with Gasteiger partial charge in [-0.05, 0) is 11.1 Å². The molecule has 0 aliphatic carbocycles. The predicted molar refractivity (Wildman–Crippen MR) is 122 cm³/mol. The Hall–Kier alpha value is -3.18. The Balaban J connectivity index is 1.72. The van der Waals surface area contributed by atoms with Crippen molar-refractivity contribution in [3.05, 3.63) is 83.6 Å². The fraction of sp³-hybridized carbons (Fsp3) is 0.360. The Bertz CT molecular complexity index is 874. The number of carbonyl (C=O) groups is 1. The molecule has 1 saturated heterocycles. The summed E-state index contributed by atoms with van der Waals surface area (Å²) in [5.41, 5.74) is 2.43. The number of hydrogen-bond acceptors (Lipinski definition) is 6. The summed E-state index contributed by atoms with van der Waals surface area (Å²) < 4.78 is 0. The van der Waals surface area contributed by atoms with E-state index >= 15 is 0 Å². The maximum Gasteiger partial charge on any atom is 0.266 e. The SMILES string of the molecule is N#C/C(=C/N(CCO)CCO)C(=O)N1CCN(C(c2ccccc2)c2ccccc2)CC1. The number of aliphatic hydroxyl groups is 2. The lowest BCUT2D eigenvalue weighted by Crippen LogP contribution is -2.50. The summed E-state index contributed by atoms with van der Waals surface area (Å²) >= 11 is 0. The summed E-state index contributed by atoms with van der Waals surface area (Å²) in [7, 11) is 0. The maximum atomic E-state index is 13.0. The normalized spacial score (nSPS) is 14.9. The van der Waals surface area contributed by atoms with Gasteiger partial charge in [0.1, 0.15) is 11.6 Å². The van der Waals surface area contributed by atoms with Crippen molar-refractivity contribution in [3.8, 4) is 6.07 Å². The molecule has 0 atom stereocenters. The van der Waals surface area contributed by atoms with Crippen molar-refractivity contribution >= 4 is 5.91 Å². The first kappa shape index (κ1) is 23.5. The first-order valence-corrected chi connectivity index (χ1v) is 10.9. The Morgan fingerprint density at radius 3 is 1.88 bits per heavy atom. The van der Waals surface area contributed by atoms with Gasteiger partial charge in [-0.15, -0.1) is 0 Å². The number of hydrogen-bond donors (Lipinski definition) is 2. The quantitative estimate of drug-likeness (QED) is 0.460. The van der Waals surface area contributed by atoms with Crippen molar-refractivity contribution < 1.29 is 15.0 Å². The van der Waals surface area contributed by atoms with Crippen LogP contribution in [-0.2, 0) is 4.79 Å². The van der Waals surface area contributed by atoms with Crippen molar-refractivity contribution in [1.29, 1.82) is 5.26 Å². The molecular weight excluding hydrogens is 404 g/mol. The molecule has 0 radical (unpaired) electrons. The van der Waals surface area contributed by atoms with Crippen molar-refractivity contribution in [1.82, 2.24) is 14.7 Å². The summed E-state index contributed by atoms with van der Waals surface area (Å²) in [5, 5.41) is 27.9. The van der Waals surface area contributed by atoms with E-state index in [0.717, 1.165) is 0 Å². The third-order valence-corrected chi connectivity index (χ3v) is 5.63. The van der Waals surface area contributed by atoms with Crippen molar-refractivity contribution in [2.45, 2.75) is 6.04 Å². The largest absolute Gasteiger partial charge is 0.395 e. The van der Waals surface area contributed by atoms with Gasteiger partial charge in [-0.2, -0.15) is 5.26 Å². The minimum Gasteiger partial charge on any atom is -0.395 e. The number of amides is 1. The van der Waals surface area contributed by atoms with Crippen molar-refractivity contribution in [2.75, 3.05) is 52.5 Å². The second-order valence-electron chi connectivity index (χ2n) is 7.69. The van der Waals surface area contributed by atoms with E-state index in [2.05, 4.69) is 29.2 Å². The van der Waals surface area contributed by atoms with Crippen LogP contribution in [0.25, 0.3) is 0 Å². The Morgan fingerprint density at radius 1 is 0.938 bits per heavy atom. The van der Waals surface area contributed by atoms with Gasteiger partial charge in [0.15, 0.2) is 0 Å². The second-order valence-corrected chi connectivity index (χ2v) is 7.69. The molecule has 0 spiro atoms. The summed E-state index contributed by atoms with van der Waals surface area (Å²) in [6, 6.07) is 22.8. The number of nitrogens with zero attached hydrogens (tertiary/aromatic N) is 4. The van der Waals surface area contributed by atoms with Crippen LogP contribution in [0.5, 0.6) is 0 Å². The zero-order chi connectivity index (χ0) is 22.8. The maximum absolute atomic E-state index is 13.0. The van der Waals surface area contributed by atoms with Crippen LogP contribution in [-0.4, -0.2) is 83.3 Å². The molecule has 1 fully saturated rings. The standard InChI is InChI=1S/C25H30N4O3/c26-19-23(20-27(15-17-30)16-18-31)25(32)29-13-11-28(12-14-29)24(21-7-3-1-4-8-21)22-9-5-2-6-10-22/h1-10,20,24,30-31H,11-18H2/b23-20-. The Kier molecular flexibility index (Phi) is 8.81. The molecule has 1 aliphatic rings. The van der Waals surface area contributed by atoms with E-state index < -0.39 is 0 Å². The van der Waals surface area contributed by atoms with Gasteiger partial charge in [-0.1, -0.05) is 60.7 Å². The molecule has 1 heterocycles. The predicted octanol–water partition coefficient (Wildman–Crippen LogP) is 1.61. The van der Waals surface area contributed by atoms with Crippen LogP contribution in [0.4, 0.5) is 0 Å². The van der Waals surface area contributed by atoms with Gasteiger partial charge in [0.2, 0.25) is 0 Å². The fourth-order valence-corrected chi connectivity index (χ4v) is 4.05. The van der Waals surface area contributed by atoms with Gasteiger partial charge in [0, 0.05) is 45.5 Å². The van der Waals surface area contributed by atoms with Gasteiger partial charge in [-0.25, -0.2) is 0 Å². The van der Waals surface area contributed by atoms with E-state index in [0.29, 0.717) is 26.2 Å².